The summed E-state index contributed by atoms with van der Waals surface area (Å²) in [5.41, 5.74) is 4.23. The van der Waals surface area contributed by atoms with E-state index >= 15 is 0 Å². The van der Waals surface area contributed by atoms with Crippen LogP contribution in [0.2, 0.25) is 0 Å². The van der Waals surface area contributed by atoms with Crippen LogP contribution in [0.3, 0.4) is 0 Å². The molecule has 1 aromatic heterocycles. The maximum atomic E-state index is 12.5. The zero-order valence-electron chi connectivity index (χ0n) is 15.5. The molecule has 1 fully saturated rings. The van der Waals surface area contributed by atoms with Crippen LogP contribution in [-0.4, -0.2) is 46.8 Å². The molecule has 7 heteroatoms. The van der Waals surface area contributed by atoms with Crippen LogP contribution < -0.4 is 5.32 Å². The molecule has 1 unspecified atom stereocenters. The molecule has 4 nitrogen and oxygen atoms in total. The van der Waals surface area contributed by atoms with Crippen molar-refractivity contribution in [3.63, 3.8) is 0 Å². The maximum Gasteiger partial charge on any atom is 0.401 e. The third-order valence-electron chi connectivity index (χ3n) is 5.20. The number of likely N-dealkylation sites (tertiary alicyclic amines) is 1. The number of nitrogens with zero attached hydrogens (tertiary/aromatic N) is 3. The van der Waals surface area contributed by atoms with Gasteiger partial charge in [0.05, 0.1) is 17.6 Å². The quantitative estimate of drug-likeness (QED) is 0.693. The number of para-hydroxylation sites is 2. The molecule has 148 valence electrons. The van der Waals surface area contributed by atoms with Gasteiger partial charge in [0.25, 0.3) is 0 Å². The summed E-state index contributed by atoms with van der Waals surface area (Å²) in [7, 11) is 0. The number of halogens is 3. The Kier molecular flexibility index (Phi) is 5.37. The number of fused-ring (bicyclic) bond motifs is 1. The van der Waals surface area contributed by atoms with E-state index in [1.54, 1.807) is 0 Å². The summed E-state index contributed by atoms with van der Waals surface area (Å²) in [4.78, 5) is 5.91. The topological polar surface area (TPSA) is 33.1 Å². The first kappa shape index (κ1) is 19.0. The van der Waals surface area contributed by atoms with Gasteiger partial charge in [0.1, 0.15) is 6.33 Å². The van der Waals surface area contributed by atoms with Gasteiger partial charge in [-0.3, -0.25) is 9.47 Å². The van der Waals surface area contributed by atoms with E-state index in [1.807, 2.05) is 30.6 Å². The number of hydrogen-bond acceptors (Lipinski definition) is 3. The van der Waals surface area contributed by atoms with E-state index in [4.69, 9.17) is 0 Å². The second kappa shape index (κ2) is 7.93. The van der Waals surface area contributed by atoms with E-state index in [2.05, 4.69) is 39.1 Å². The first-order chi connectivity index (χ1) is 13.5. The van der Waals surface area contributed by atoms with Gasteiger partial charge in [-0.25, -0.2) is 4.98 Å². The Balaban J connectivity index is 1.29. The number of rotatable bonds is 6. The lowest BCUT2D eigenvalue weighted by atomic mass is 10.1. The third kappa shape index (κ3) is 4.54. The Bertz CT molecular complexity index is 917. The highest BCUT2D eigenvalue weighted by molar-refractivity contribution is 5.77. The fourth-order valence-electron chi connectivity index (χ4n) is 3.84. The lowest BCUT2D eigenvalue weighted by Crippen LogP contribution is -2.33. The normalized spacial score (nSPS) is 18.2. The monoisotopic (exact) mass is 388 g/mol. The number of benzene rings is 2. The lowest BCUT2D eigenvalue weighted by molar-refractivity contribution is -0.143. The largest absolute Gasteiger partial charge is 0.401 e. The molecule has 1 N–H and O–H groups in total. The fourth-order valence-corrected chi connectivity index (χ4v) is 3.84. The molecular weight excluding hydrogens is 365 g/mol. The number of hydrogen-bond donors (Lipinski definition) is 1. The van der Waals surface area contributed by atoms with Crippen LogP contribution in [0.15, 0.2) is 54.9 Å². The van der Waals surface area contributed by atoms with Gasteiger partial charge in [-0.1, -0.05) is 24.3 Å². The molecule has 0 aliphatic carbocycles. The molecule has 2 aromatic carbocycles. The lowest BCUT2D eigenvalue weighted by Gasteiger charge is -2.18. The molecule has 1 aliphatic rings. The van der Waals surface area contributed by atoms with Crippen LogP contribution in [0.4, 0.5) is 13.2 Å². The minimum absolute atomic E-state index is 0.277. The Morgan fingerprint density at radius 1 is 1.07 bits per heavy atom. The molecule has 0 amide bonds. The van der Waals surface area contributed by atoms with Crippen LogP contribution in [0.1, 0.15) is 12.0 Å². The average molecular weight is 388 g/mol. The Labute approximate surface area is 162 Å². The summed E-state index contributed by atoms with van der Waals surface area (Å²) in [6.45, 7) is 1.69. The van der Waals surface area contributed by atoms with Crippen molar-refractivity contribution in [3.05, 3.63) is 60.4 Å². The number of nitrogens with one attached hydrogen (secondary N) is 1. The van der Waals surface area contributed by atoms with Crippen molar-refractivity contribution in [1.82, 2.24) is 19.8 Å². The highest BCUT2D eigenvalue weighted by atomic mass is 19.4. The average Bonchev–Trinajstić information content (AvgIpc) is 3.28. The molecule has 1 saturated heterocycles. The third-order valence-corrected chi connectivity index (χ3v) is 5.20. The highest BCUT2D eigenvalue weighted by Crippen LogP contribution is 2.22. The van der Waals surface area contributed by atoms with Crippen molar-refractivity contribution in [2.24, 2.45) is 5.92 Å². The van der Waals surface area contributed by atoms with Crippen molar-refractivity contribution in [1.29, 1.82) is 0 Å². The van der Waals surface area contributed by atoms with Crippen molar-refractivity contribution >= 4 is 11.0 Å². The fraction of sp³-hybridized carbons (Fsp3) is 0.381. The smallest absolute Gasteiger partial charge is 0.312 e. The number of aromatic nitrogens is 2. The summed E-state index contributed by atoms with van der Waals surface area (Å²) in [6, 6.07) is 16.3. The first-order valence-electron chi connectivity index (χ1n) is 9.49. The van der Waals surface area contributed by atoms with Gasteiger partial charge in [-0.2, -0.15) is 13.2 Å². The molecule has 1 atom stereocenters. The molecule has 28 heavy (non-hydrogen) atoms. The second-order valence-corrected chi connectivity index (χ2v) is 7.41. The predicted octanol–water partition coefficient (Wildman–Crippen LogP) is 4.00. The van der Waals surface area contributed by atoms with Gasteiger partial charge in [0, 0.05) is 18.8 Å². The summed E-state index contributed by atoms with van der Waals surface area (Å²) < 4.78 is 39.5. The van der Waals surface area contributed by atoms with E-state index in [1.165, 1.54) is 4.90 Å². The molecule has 1 aliphatic heterocycles. The molecule has 2 heterocycles. The van der Waals surface area contributed by atoms with Crippen LogP contribution in [0, 0.1) is 5.92 Å². The summed E-state index contributed by atoms with van der Waals surface area (Å²) >= 11 is 0. The predicted molar refractivity (Wildman–Crippen MR) is 103 cm³/mol. The molecular formula is C21H23F3N4. The standard InChI is InChI=1S/C21H23F3N4/c22-21(23,24)14-27-10-9-17(13-27)12-25-11-16-5-7-18(8-6-16)28-15-26-19-3-1-2-4-20(19)28/h1-8,15,17,25H,9-14H2. The van der Waals surface area contributed by atoms with E-state index in [-0.39, 0.29) is 5.92 Å². The van der Waals surface area contributed by atoms with Crippen LogP contribution in [-0.2, 0) is 6.54 Å². The molecule has 0 saturated carbocycles. The van der Waals surface area contributed by atoms with Crippen molar-refractivity contribution < 1.29 is 13.2 Å². The van der Waals surface area contributed by atoms with E-state index in [9.17, 15) is 13.2 Å². The zero-order chi connectivity index (χ0) is 19.6. The summed E-state index contributed by atoms with van der Waals surface area (Å²) in [6.07, 6.45) is -1.47. The summed E-state index contributed by atoms with van der Waals surface area (Å²) in [5.74, 6) is 0.277. The Hall–Kier alpha value is -2.38. The molecule has 0 bridgehead atoms. The van der Waals surface area contributed by atoms with Gasteiger partial charge in [0.15, 0.2) is 0 Å². The SMILES string of the molecule is FC(F)(F)CN1CCC(CNCc2ccc(-n3cnc4ccccc43)cc2)C1. The maximum absolute atomic E-state index is 12.5. The van der Waals surface area contributed by atoms with E-state index < -0.39 is 12.7 Å². The minimum Gasteiger partial charge on any atom is -0.312 e. The summed E-state index contributed by atoms with van der Waals surface area (Å²) in [5, 5.41) is 3.38. The van der Waals surface area contributed by atoms with Gasteiger partial charge >= 0.3 is 6.18 Å². The Morgan fingerprint density at radius 2 is 1.86 bits per heavy atom. The highest BCUT2D eigenvalue weighted by Gasteiger charge is 2.34. The minimum atomic E-state index is -4.11. The number of alkyl halides is 3. The van der Waals surface area contributed by atoms with Crippen LogP contribution in [0.5, 0.6) is 0 Å². The first-order valence-corrected chi connectivity index (χ1v) is 9.49. The van der Waals surface area contributed by atoms with Gasteiger partial charge in [-0.15, -0.1) is 0 Å². The second-order valence-electron chi connectivity index (χ2n) is 7.41. The Morgan fingerprint density at radius 3 is 2.64 bits per heavy atom. The van der Waals surface area contributed by atoms with Crippen LogP contribution in [0.25, 0.3) is 16.7 Å². The molecule has 0 spiro atoms. The molecule has 4 rings (SSSR count). The van der Waals surface area contributed by atoms with E-state index in [0.717, 1.165) is 35.2 Å². The van der Waals surface area contributed by atoms with Crippen LogP contribution >= 0.6 is 0 Å². The van der Waals surface area contributed by atoms with Gasteiger partial charge in [0.2, 0.25) is 0 Å². The zero-order valence-corrected chi connectivity index (χ0v) is 15.5. The van der Waals surface area contributed by atoms with Crippen molar-refractivity contribution in [3.8, 4) is 5.69 Å². The van der Waals surface area contributed by atoms with Crippen molar-refractivity contribution in [2.45, 2.75) is 19.1 Å². The number of imidazole rings is 1. The molecule has 3 aromatic rings. The molecule has 0 radical (unpaired) electrons. The van der Waals surface area contributed by atoms with Crippen molar-refractivity contribution in [2.75, 3.05) is 26.2 Å². The van der Waals surface area contributed by atoms with Gasteiger partial charge < -0.3 is 5.32 Å². The van der Waals surface area contributed by atoms with E-state index in [0.29, 0.717) is 19.6 Å². The van der Waals surface area contributed by atoms with Gasteiger partial charge in [-0.05, 0) is 55.3 Å².